The molecule has 0 aliphatic carbocycles. The minimum Gasteiger partial charge on any atom is -0.492 e. The second-order valence-electron chi connectivity index (χ2n) is 7.42. The summed E-state index contributed by atoms with van der Waals surface area (Å²) >= 11 is 0. The van der Waals surface area contributed by atoms with Crippen molar-refractivity contribution in [3.63, 3.8) is 0 Å². The number of hydrogen-bond acceptors (Lipinski definition) is 3. The van der Waals surface area contributed by atoms with Gasteiger partial charge in [0, 0.05) is 0 Å². The Labute approximate surface area is 162 Å². The average molecular weight is 370 g/mol. The van der Waals surface area contributed by atoms with Crippen LogP contribution < -0.4 is 14.8 Å². The van der Waals surface area contributed by atoms with Crippen LogP contribution in [0.5, 0.6) is 11.5 Å². The Morgan fingerprint density at radius 1 is 0.963 bits per heavy atom. The molecule has 0 fully saturated rings. The molecule has 0 unspecified atom stereocenters. The van der Waals surface area contributed by atoms with Crippen LogP contribution in [-0.4, -0.2) is 25.2 Å². The van der Waals surface area contributed by atoms with Gasteiger partial charge in [-0.2, -0.15) is 0 Å². The number of carbonyl (C=O) groups excluding carboxylic acids is 1. The van der Waals surface area contributed by atoms with E-state index in [0.29, 0.717) is 19.1 Å². The molecular formula is C23H31NO3. The van der Waals surface area contributed by atoms with Crippen molar-refractivity contribution in [2.75, 3.05) is 13.2 Å². The second-order valence-corrected chi connectivity index (χ2v) is 7.42. The molecule has 0 heterocycles. The highest BCUT2D eigenvalue weighted by Gasteiger charge is 2.17. The van der Waals surface area contributed by atoms with Crippen LogP contribution in [-0.2, 0) is 4.79 Å². The minimum absolute atomic E-state index is 0.143. The number of hydrogen-bond donors (Lipinski definition) is 1. The zero-order valence-corrected chi connectivity index (χ0v) is 17.3. The first-order valence-corrected chi connectivity index (χ1v) is 9.52. The van der Waals surface area contributed by atoms with Crippen molar-refractivity contribution in [2.45, 2.75) is 53.6 Å². The van der Waals surface area contributed by atoms with Crippen LogP contribution in [0.2, 0.25) is 0 Å². The Morgan fingerprint density at radius 2 is 1.63 bits per heavy atom. The van der Waals surface area contributed by atoms with Gasteiger partial charge in [-0.05, 0) is 74.1 Å². The van der Waals surface area contributed by atoms with Crippen molar-refractivity contribution < 1.29 is 14.3 Å². The Bertz CT molecular complexity index is 763. The summed E-state index contributed by atoms with van der Waals surface area (Å²) in [5.74, 6) is 1.80. The molecule has 1 N–H and O–H groups in total. The Morgan fingerprint density at radius 3 is 2.26 bits per heavy atom. The molecule has 0 spiro atoms. The summed E-state index contributed by atoms with van der Waals surface area (Å²) in [5, 5.41) is 2.88. The quantitative estimate of drug-likeness (QED) is 0.686. The van der Waals surface area contributed by atoms with Crippen molar-refractivity contribution in [3.8, 4) is 11.5 Å². The van der Waals surface area contributed by atoms with E-state index in [1.807, 2.05) is 39.0 Å². The highest BCUT2D eigenvalue weighted by atomic mass is 16.5. The molecule has 2 aromatic rings. The van der Waals surface area contributed by atoms with Gasteiger partial charge in [0.05, 0.1) is 6.54 Å². The van der Waals surface area contributed by atoms with E-state index in [0.717, 1.165) is 33.8 Å². The normalized spacial score (nSPS) is 12.0. The molecule has 0 aliphatic heterocycles. The van der Waals surface area contributed by atoms with Crippen molar-refractivity contribution >= 4 is 5.91 Å². The van der Waals surface area contributed by atoms with E-state index in [4.69, 9.17) is 9.47 Å². The molecule has 0 saturated heterocycles. The molecule has 2 aromatic carbocycles. The molecule has 1 atom stereocenters. The highest BCUT2D eigenvalue weighted by Crippen LogP contribution is 2.28. The molecule has 0 saturated carbocycles. The standard InChI is InChI=1S/C23H31NO3/c1-15(2)21-8-7-16(3)14-22(21)27-19(6)23(25)24-9-10-26-20-12-17(4)11-18(5)13-20/h7-8,11-15,19H,9-10H2,1-6H3,(H,24,25)/t19-/m0/s1. The van der Waals surface area contributed by atoms with E-state index in [1.54, 1.807) is 6.92 Å². The summed E-state index contributed by atoms with van der Waals surface area (Å²) in [6.45, 7) is 13.0. The minimum atomic E-state index is -0.564. The number of aryl methyl sites for hydroxylation is 3. The van der Waals surface area contributed by atoms with Crippen LogP contribution in [0.3, 0.4) is 0 Å². The molecule has 1 amide bonds. The second kappa shape index (κ2) is 9.45. The molecule has 27 heavy (non-hydrogen) atoms. The number of benzene rings is 2. The lowest BCUT2D eigenvalue weighted by Gasteiger charge is -2.19. The molecule has 0 aromatic heterocycles. The van der Waals surface area contributed by atoms with Gasteiger partial charge < -0.3 is 14.8 Å². The Hall–Kier alpha value is -2.49. The third-order valence-electron chi connectivity index (χ3n) is 4.33. The first-order chi connectivity index (χ1) is 12.8. The van der Waals surface area contributed by atoms with Crippen molar-refractivity contribution in [2.24, 2.45) is 0 Å². The molecule has 0 radical (unpaired) electrons. The predicted octanol–water partition coefficient (Wildman–Crippen LogP) is 4.70. The summed E-state index contributed by atoms with van der Waals surface area (Å²) in [6.07, 6.45) is -0.564. The first-order valence-electron chi connectivity index (χ1n) is 9.52. The van der Waals surface area contributed by atoms with Gasteiger partial charge in [0.1, 0.15) is 18.1 Å². The van der Waals surface area contributed by atoms with E-state index in [-0.39, 0.29) is 5.91 Å². The third-order valence-corrected chi connectivity index (χ3v) is 4.33. The van der Waals surface area contributed by atoms with Crippen LogP contribution in [0.15, 0.2) is 36.4 Å². The zero-order valence-electron chi connectivity index (χ0n) is 17.3. The first kappa shape index (κ1) is 20.8. The summed E-state index contributed by atoms with van der Waals surface area (Å²) in [4.78, 5) is 12.3. The van der Waals surface area contributed by atoms with Crippen molar-refractivity contribution in [1.29, 1.82) is 0 Å². The highest BCUT2D eigenvalue weighted by molar-refractivity contribution is 5.80. The lowest BCUT2D eigenvalue weighted by Crippen LogP contribution is -2.38. The van der Waals surface area contributed by atoms with Crippen molar-refractivity contribution in [1.82, 2.24) is 5.32 Å². The SMILES string of the molecule is Cc1cc(C)cc(OCCNC(=O)[C@H](C)Oc2cc(C)ccc2C(C)C)c1. The van der Waals surface area contributed by atoms with Crippen LogP contribution in [0.1, 0.15) is 48.9 Å². The molecule has 146 valence electrons. The topological polar surface area (TPSA) is 47.6 Å². The number of nitrogens with one attached hydrogen (secondary N) is 1. The van der Waals surface area contributed by atoms with Gasteiger partial charge in [-0.25, -0.2) is 0 Å². The maximum atomic E-state index is 12.3. The van der Waals surface area contributed by atoms with Gasteiger partial charge >= 0.3 is 0 Å². The van der Waals surface area contributed by atoms with Crippen LogP contribution in [0, 0.1) is 20.8 Å². The van der Waals surface area contributed by atoms with Gasteiger partial charge in [0.2, 0.25) is 0 Å². The number of carbonyl (C=O) groups is 1. The van der Waals surface area contributed by atoms with Gasteiger partial charge in [-0.15, -0.1) is 0 Å². The van der Waals surface area contributed by atoms with E-state index < -0.39 is 6.10 Å². The maximum Gasteiger partial charge on any atom is 0.260 e. The number of ether oxygens (including phenoxy) is 2. The zero-order chi connectivity index (χ0) is 20.0. The Balaban J connectivity index is 1.85. The Kier molecular flexibility index (Phi) is 7.28. The van der Waals surface area contributed by atoms with Crippen LogP contribution in [0.25, 0.3) is 0 Å². The maximum absolute atomic E-state index is 12.3. The fourth-order valence-corrected chi connectivity index (χ4v) is 2.97. The van der Waals surface area contributed by atoms with E-state index >= 15 is 0 Å². The molecule has 4 nitrogen and oxygen atoms in total. The van der Waals surface area contributed by atoms with Crippen LogP contribution >= 0.6 is 0 Å². The van der Waals surface area contributed by atoms with Gasteiger partial charge in [-0.1, -0.05) is 32.0 Å². The monoisotopic (exact) mass is 369 g/mol. The summed E-state index contributed by atoms with van der Waals surface area (Å²) in [5.41, 5.74) is 4.55. The average Bonchev–Trinajstić information content (AvgIpc) is 2.57. The smallest absolute Gasteiger partial charge is 0.260 e. The van der Waals surface area contributed by atoms with E-state index in [1.165, 1.54) is 0 Å². The van der Waals surface area contributed by atoms with E-state index in [9.17, 15) is 4.79 Å². The lowest BCUT2D eigenvalue weighted by atomic mass is 10.0. The van der Waals surface area contributed by atoms with Crippen LogP contribution in [0.4, 0.5) is 0 Å². The molecular weight excluding hydrogens is 338 g/mol. The molecule has 2 rings (SSSR count). The van der Waals surface area contributed by atoms with Gasteiger partial charge in [0.25, 0.3) is 5.91 Å². The summed E-state index contributed by atoms with van der Waals surface area (Å²) in [7, 11) is 0. The third kappa shape index (κ3) is 6.31. The summed E-state index contributed by atoms with van der Waals surface area (Å²) in [6, 6.07) is 12.2. The molecule has 0 aliphatic rings. The fourth-order valence-electron chi connectivity index (χ4n) is 2.97. The lowest BCUT2D eigenvalue weighted by molar-refractivity contribution is -0.127. The van der Waals surface area contributed by atoms with Gasteiger partial charge in [-0.3, -0.25) is 4.79 Å². The van der Waals surface area contributed by atoms with Gasteiger partial charge in [0.15, 0.2) is 6.10 Å². The fraction of sp³-hybridized carbons (Fsp3) is 0.435. The van der Waals surface area contributed by atoms with Crippen molar-refractivity contribution in [3.05, 3.63) is 58.7 Å². The van der Waals surface area contributed by atoms with E-state index in [2.05, 4.69) is 37.4 Å². The largest absolute Gasteiger partial charge is 0.492 e. The number of rotatable bonds is 8. The predicted molar refractivity (Wildman–Crippen MR) is 110 cm³/mol. The summed E-state index contributed by atoms with van der Waals surface area (Å²) < 4.78 is 11.7. The molecule has 0 bridgehead atoms. The number of amides is 1. The molecule has 4 heteroatoms.